The molecule has 3 heteroatoms. The standard InChI is InChI=1S/C15H21ClFN/c16-14-10-6-7-12(15(14)17)11-18-13-8-4-2-1-3-5-9-13/h6-7,10,13,18H,1-5,8-9,11H2. The number of halogens is 2. The molecule has 1 aromatic rings. The van der Waals surface area contributed by atoms with Gasteiger partial charge in [0, 0.05) is 18.2 Å². The van der Waals surface area contributed by atoms with Gasteiger partial charge in [-0.25, -0.2) is 4.39 Å². The first-order valence-electron chi connectivity index (χ1n) is 6.93. The van der Waals surface area contributed by atoms with E-state index in [0.29, 0.717) is 18.2 Å². The van der Waals surface area contributed by atoms with Crippen LogP contribution in [0.5, 0.6) is 0 Å². The maximum Gasteiger partial charge on any atom is 0.146 e. The van der Waals surface area contributed by atoms with Gasteiger partial charge in [-0.3, -0.25) is 0 Å². The van der Waals surface area contributed by atoms with Crippen LogP contribution in [0.4, 0.5) is 4.39 Å². The van der Waals surface area contributed by atoms with Crippen molar-refractivity contribution >= 4 is 11.6 Å². The van der Waals surface area contributed by atoms with Crippen molar-refractivity contribution in [1.82, 2.24) is 5.32 Å². The normalized spacial score (nSPS) is 18.3. The quantitative estimate of drug-likeness (QED) is 0.840. The lowest BCUT2D eigenvalue weighted by molar-refractivity contribution is 0.386. The molecule has 0 bridgehead atoms. The number of hydrogen-bond acceptors (Lipinski definition) is 1. The van der Waals surface area contributed by atoms with Crippen molar-refractivity contribution < 1.29 is 4.39 Å². The molecule has 18 heavy (non-hydrogen) atoms. The van der Waals surface area contributed by atoms with E-state index < -0.39 is 0 Å². The lowest BCUT2D eigenvalue weighted by Gasteiger charge is -2.21. The summed E-state index contributed by atoms with van der Waals surface area (Å²) in [5.74, 6) is -0.280. The lowest BCUT2D eigenvalue weighted by atomic mass is 9.96. The number of nitrogens with one attached hydrogen (secondary N) is 1. The fraction of sp³-hybridized carbons (Fsp3) is 0.600. The Balaban J connectivity index is 1.87. The highest BCUT2D eigenvalue weighted by molar-refractivity contribution is 6.30. The lowest BCUT2D eigenvalue weighted by Crippen LogP contribution is -2.29. The highest BCUT2D eigenvalue weighted by Gasteiger charge is 2.12. The minimum absolute atomic E-state index is 0.215. The minimum Gasteiger partial charge on any atom is -0.310 e. The first-order valence-corrected chi connectivity index (χ1v) is 7.31. The molecule has 2 rings (SSSR count). The van der Waals surface area contributed by atoms with Gasteiger partial charge in [0.1, 0.15) is 5.82 Å². The molecule has 1 N–H and O–H groups in total. The molecule has 0 saturated heterocycles. The molecule has 0 atom stereocenters. The summed E-state index contributed by atoms with van der Waals surface area (Å²) in [6.45, 7) is 0.580. The molecule has 0 aliphatic heterocycles. The van der Waals surface area contributed by atoms with Gasteiger partial charge >= 0.3 is 0 Å². The van der Waals surface area contributed by atoms with Crippen LogP contribution in [0.1, 0.15) is 50.5 Å². The number of benzene rings is 1. The average Bonchev–Trinajstić information content (AvgIpc) is 2.32. The average molecular weight is 270 g/mol. The molecule has 1 aliphatic rings. The van der Waals surface area contributed by atoms with Gasteiger partial charge in [-0.2, -0.15) is 0 Å². The zero-order valence-corrected chi connectivity index (χ0v) is 11.5. The van der Waals surface area contributed by atoms with Crippen molar-refractivity contribution in [3.63, 3.8) is 0 Å². The third-order valence-corrected chi connectivity index (χ3v) is 4.01. The predicted octanol–water partition coefficient (Wildman–Crippen LogP) is 4.68. The van der Waals surface area contributed by atoms with Gasteiger partial charge in [-0.15, -0.1) is 0 Å². The van der Waals surface area contributed by atoms with Crippen molar-refractivity contribution in [3.8, 4) is 0 Å². The number of rotatable bonds is 3. The van der Waals surface area contributed by atoms with E-state index in [2.05, 4.69) is 5.32 Å². The summed E-state index contributed by atoms with van der Waals surface area (Å²) in [6.07, 6.45) is 9.04. The fourth-order valence-electron chi connectivity index (χ4n) is 2.60. The summed E-state index contributed by atoms with van der Waals surface area (Å²) in [5, 5.41) is 3.69. The summed E-state index contributed by atoms with van der Waals surface area (Å²) >= 11 is 5.78. The Morgan fingerprint density at radius 3 is 2.50 bits per heavy atom. The van der Waals surface area contributed by atoms with Gasteiger partial charge in [0.15, 0.2) is 0 Å². The van der Waals surface area contributed by atoms with Crippen LogP contribution >= 0.6 is 11.6 Å². The van der Waals surface area contributed by atoms with Crippen molar-refractivity contribution in [2.24, 2.45) is 0 Å². The van der Waals surface area contributed by atoms with Crippen molar-refractivity contribution in [1.29, 1.82) is 0 Å². The Bertz CT molecular complexity index is 373. The van der Waals surface area contributed by atoms with E-state index in [-0.39, 0.29) is 10.8 Å². The Hall–Kier alpha value is -0.600. The minimum atomic E-state index is -0.280. The van der Waals surface area contributed by atoms with Gasteiger partial charge in [-0.05, 0) is 18.9 Å². The molecule has 1 nitrogen and oxygen atoms in total. The second kappa shape index (κ2) is 7.10. The molecular weight excluding hydrogens is 249 g/mol. The molecule has 0 radical (unpaired) electrons. The van der Waals surface area contributed by atoms with Gasteiger partial charge in [-0.1, -0.05) is 55.8 Å². The van der Waals surface area contributed by atoms with Crippen LogP contribution in [0.2, 0.25) is 5.02 Å². The van der Waals surface area contributed by atoms with E-state index in [4.69, 9.17) is 11.6 Å². The van der Waals surface area contributed by atoms with Gasteiger partial charge < -0.3 is 5.32 Å². The van der Waals surface area contributed by atoms with Crippen molar-refractivity contribution in [3.05, 3.63) is 34.6 Å². The van der Waals surface area contributed by atoms with E-state index in [0.717, 1.165) is 0 Å². The molecule has 0 aromatic heterocycles. The van der Waals surface area contributed by atoms with Crippen LogP contribution < -0.4 is 5.32 Å². The van der Waals surface area contributed by atoms with Gasteiger partial charge in [0.05, 0.1) is 5.02 Å². The van der Waals surface area contributed by atoms with Crippen molar-refractivity contribution in [2.75, 3.05) is 0 Å². The smallest absolute Gasteiger partial charge is 0.146 e. The highest BCUT2D eigenvalue weighted by Crippen LogP contribution is 2.20. The molecular formula is C15H21ClFN. The van der Waals surface area contributed by atoms with E-state index in [9.17, 15) is 4.39 Å². The second-order valence-electron chi connectivity index (χ2n) is 5.14. The van der Waals surface area contributed by atoms with Gasteiger partial charge in [0.2, 0.25) is 0 Å². The van der Waals surface area contributed by atoms with Gasteiger partial charge in [0.25, 0.3) is 0 Å². The van der Waals surface area contributed by atoms with E-state index in [1.165, 1.54) is 44.9 Å². The predicted molar refractivity (Wildman–Crippen MR) is 74.4 cm³/mol. The fourth-order valence-corrected chi connectivity index (χ4v) is 2.79. The molecule has 100 valence electrons. The first-order chi connectivity index (χ1) is 8.77. The summed E-state index contributed by atoms with van der Waals surface area (Å²) in [4.78, 5) is 0. The summed E-state index contributed by atoms with van der Waals surface area (Å²) in [5.41, 5.74) is 0.671. The van der Waals surface area contributed by atoms with Crippen molar-refractivity contribution in [2.45, 2.75) is 57.5 Å². The van der Waals surface area contributed by atoms with Crippen LogP contribution in [-0.2, 0) is 6.54 Å². The molecule has 1 fully saturated rings. The summed E-state index contributed by atoms with van der Waals surface area (Å²) < 4.78 is 13.7. The van der Waals surface area contributed by atoms with E-state index >= 15 is 0 Å². The first kappa shape index (κ1) is 13.8. The molecule has 0 heterocycles. The monoisotopic (exact) mass is 269 g/mol. The Morgan fingerprint density at radius 1 is 1.11 bits per heavy atom. The molecule has 1 saturated carbocycles. The zero-order chi connectivity index (χ0) is 12.8. The molecule has 0 amide bonds. The van der Waals surface area contributed by atoms with Crippen LogP contribution in [0.15, 0.2) is 18.2 Å². The molecule has 0 spiro atoms. The Kier molecular flexibility index (Phi) is 5.45. The van der Waals surface area contributed by atoms with Crippen LogP contribution in [-0.4, -0.2) is 6.04 Å². The largest absolute Gasteiger partial charge is 0.310 e. The molecule has 1 aromatic carbocycles. The van der Waals surface area contributed by atoms with Crippen LogP contribution in [0.3, 0.4) is 0 Å². The maximum absolute atomic E-state index is 13.7. The molecule has 0 unspecified atom stereocenters. The molecule has 1 aliphatic carbocycles. The topological polar surface area (TPSA) is 12.0 Å². The van der Waals surface area contributed by atoms with Crippen LogP contribution in [0.25, 0.3) is 0 Å². The van der Waals surface area contributed by atoms with Crippen LogP contribution in [0, 0.1) is 5.82 Å². The highest BCUT2D eigenvalue weighted by atomic mass is 35.5. The third kappa shape index (κ3) is 3.96. The Morgan fingerprint density at radius 2 is 1.78 bits per heavy atom. The maximum atomic E-state index is 13.7. The Labute approximate surface area is 114 Å². The summed E-state index contributed by atoms with van der Waals surface area (Å²) in [6, 6.07) is 5.73. The van der Waals surface area contributed by atoms with E-state index in [1.54, 1.807) is 18.2 Å². The second-order valence-corrected chi connectivity index (χ2v) is 5.54. The SMILES string of the molecule is Fc1c(Cl)cccc1CNC1CCCCCCC1. The van der Waals surface area contributed by atoms with E-state index in [1.807, 2.05) is 0 Å². The summed E-state index contributed by atoms with van der Waals surface area (Å²) in [7, 11) is 0. The number of hydrogen-bond donors (Lipinski definition) is 1. The zero-order valence-electron chi connectivity index (χ0n) is 10.7. The third-order valence-electron chi connectivity index (χ3n) is 3.72.